The minimum Gasteiger partial charge on any atom is -0.478 e. The van der Waals surface area contributed by atoms with Gasteiger partial charge in [-0.15, -0.1) is 0 Å². The van der Waals surface area contributed by atoms with Gasteiger partial charge < -0.3 is 5.11 Å². The first-order valence-electron chi connectivity index (χ1n) is 8.38. The molecule has 0 atom stereocenters. The number of rotatable bonds is 4. The molecule has 1 N–H and O–H groups in total. The van der Waals surface area contributed by atoms with E-state index in [2.05, 4.69) is 17.0 Å². The Morgan fingerprint density at radius 2 is 1.65 bits per heavy atom. The van der Waals surface area contributed by atoms with Gasteiger partial charge in [-0.05, 0) is 54.8 Å². The van der Waals surface area contributed by atoms with Crippen LogP contribution in [0.15, 0.2) is 48.5 Å². The Morgan fingerprint density at radius 1 is 0.957 bits per heavy atom. The van der Waals surface area contributed by atoms with Gasteiger partial charge in [-0.3, -0.25) is 4.90 Å². The highest BCUT2D eigenvalue weighted by molar-refractivity contribution is 5.89. The molecular formula is C20H23NO2. The van der Waals surface area contributed by atoms with Crippen molar-refractivity contribution in [3.05, 3.63) is 59.7 Å². The van der Waals surface area contributed by atoms with Gasteiger partial charge in [0.1, 0.15) is 0 Å². The lowest BCUT2D eigenvalue weighted by atomic mass is 9.97. The number of aromatic carboxylic acids is 1. The number of benzene rings is 2. The summed E-state index contributed by atoms with van der Waals surface area (Å²) in [7, 11) is 0. The Labute approximate surface area is 137 Å². The number of hydrogen-bond acceptors (Lipinski definition) is 2. The molecule has 0 aliphatic carbocycles. The van der Waals surface area contributed by atoms with Gasteiger partial charge in [0.2, 0.25) is 0 Å². The summed E-state index contributed by atoms with van der Waals surface area (Å²) < 4.78 is 0. The van der Waals surface area contributed by atoms with Crippen LogP contribution in [0.2, 0.25) is 0 Å². The van der Waals surface area contributed by atoms with Crippen LogP contribution >= 0.6 is 0 Å². The standard InChI is InChI=1S/C20H23NO2/c22-20(23)17-10-11-19(16-8-4-3-5-9-16)18(14-17)15-21-12-6-1-2-7-13-21/h3-5,8-11,14H,1-2,6-7,12-13,15H2,(H,22,23). The predicted molar refractivity (Wildman–Crippen MR) is 92.6 cm³/mol. The summed E-state index contributed by atoms with van der Waals surface area (Å²) in [6.45, 7) is 3.03. The van der Waals surface area contributed by atoms with E-state index in [9.17, 15) is 9.90 Å². The van der Waals surface area contributed by atoms with Crippen molar-refractivity contribution < 1.29 is 9.90 Å². The number of carboxylic acids is 1. The van der Waals surface area contributed by atoms with Crippen LogP contribution in [0.1, 0.15) is 41.6 Å². The second kappa shape index (κ2) is 7.42. The summed E-state index contributed by atoms with van der Waals surface area (Å²) in [5.41, 5.74) is 3.77. The summed E-state index contributed by atoms with van der Waals surface area (Å²) in [6, 6.07) is 15.7. The molecule has 3 heteroatoms. The fourth-order valence-electron chi connectivity index (χ4n) is 3.29. The van der Waals surface area contributed by atoms with E-state index < -0.39 is 5.97 Å². The molecule has 3 rings (SSSR count). The molecule has 1 aliphatic rings. The molecule has 0 unspecified atom stereocenters. The molecule has 23 heavy (non-hydrogen) atoms. The first kappa shape index (κ1) is 15.8. The van der Waals surface area contributed by atoms with Crippen molar-refractivity contribution in [1.82, 2.24) is 4.90 Å². The third kappa shape index (κ3) is 3.99. The summed E-state index contributed by atoms with van der Waals surface area (Å²) in [4.78, 5) is 13.8. The van der Waals surface area contributed by atoms with Gasteiger partial charge >= 0.3 is 5.97 Å². The quantitative estimate of drug-likeness (QED) is 0.908. The molecule has 3 nitrogen and oxygen atoms in total. The summed E-state index contributed by atoms with van der Waals surface area (Å²) in [5, 5.41) is 9.31. The molecule has 1 aliphatic heterocycles. The molecular weight excluding hydrogens is 286 g/mol. The number of hydrogen-bond donors (Lipinski definition) is 1. The van der Waals surface area contributed by atoms with Gasteiger partial charge in [-0.1, -0.05) is 49.2 Å². The van der Waals surface area contributed by atoms with Crippen molar-refractivity contribution in [2.75, 3.05) is 13.1 Å². The Hall–Kier alpha value is -2.13. The van der Waals surface area contributed by atoms with Crippen LogP contribution in [0, 0.1) is 0 Å². The zero-order chi connectivity index (χ0) is 16.1. The molecule has 0 spiro atoms. The highest BCUT2D eigenvalue weighted by Crippen LogP contribution is 2.27. The SMILES string of the molecule is O=C(O)c1ccc(-c2ccccc2)c(CN2CCCCCC2)c1. The van der Waals surface area contributed by atoms with E-state index >= 15 is 0 Å². The average Bonchev–Trinajstić information content (AvgIpc) is 2.84. The van der Waals surface area contributed by atoms with E-state index in [4.69, 9.17) is 0 Å². The van der Waals surface area contributed by atoms with Crippen LogP contribution < -0.4 is 0 Å². The number of nitrogens with zero attached hydrogens (tertiary/aromatic N) is 1. The Morgan fingerprint density at radius 3 is 2.30 bits per heavy atom. The van der Waals surface area contributed by atoms with Gasteiger partial charge in [0, 0.05) is 6.54 Å². The maximum Gasteiger partial charge on any atom is 0.335 e. The third-order valence-corrected chi connectivity index (χ3v) is 4.53. The average molecular weight is 309 g/mol. The predicted octanol–water partition coefficient (Wildman–Crippen LogP) is 4.43. The maximum absolute atomic E-state index is 11.3. The van der Waals surface area contributed by atoms with Gasteiger partial charge in [0.25, 0.3) is 0 Å². The molecule has 0 radical (unpaired) electrons. The zero-order valence-corrected chi connectivity index (χ0v) is 13.4. The van der Waals surface area contributed by atoms with Crippen molar-refractivity contribution in [2.45, 2.75) is 32.2 Å². The number of likely N-dealkylation sites (tertiary alicyclic amines) is 1. The van der Waals surface area contributed by atoms with Crippen LogP contribution in [0.4, 0.5) is 0 Å². The third-order valence-electron chi connectivity index (χ3n) is 4.53. The number of carboxylic acid groups (broad SMARTS) is 1. The first-order valence-corrected chi connectivity index (χ1v) is 8.38. The molecule has 120 valence electrons. The molecule has 0 bridgehead atoms. The topological polar surface area (TPSA) is 40.5 Å². The second-order valence-electron chi connectivity index (χ2n) is 6.23. The summed E-state index contributed by atoms with van der Waals surface area (Å²) in [5.74, 6) is -0.860. The Bertz CT molecular complexity index is 659. The van der Waals surface area contributed by atoms with E-state index in [1.54, 1.807) is 6.07 Å². The minimum absolute atomic E-state index is 0.370. The lowest BCUT2D eigenvalue weighted by molar-refractivity contribution is 0.0696. The van der Waals surface area contributed by atoms with Crippen LogP contribution in [0.5, 0.6) is 0 Å². The van der Waals surface area contributed by atoms with Crippen LogP contribution in [-0.2, 0) is 6.54 Å². The Kier molecular flexibility index (Phi) is 5.09. The van der Waals surface area contributed by atoms with E-state index in [1.807, 2.05) is 30.3 Å². The van der Waals surface area contributed by atoms with Gasteiger partial charge in [0.05, 0.1) is 5.56 Å². The molecule has 1 fully saturated rings. The Balaban J connectivity index is 1.94. The van der Waals surface area contributed by atoms with Gasteiger partial charge in [-0.25, -0.2) is 4.79 Å². The highest BCUT2D eigenvalue weighted by Gasteiger charge is 2.14. The largest absolute Gasteiger partial charge is 0.478 e. The van der Waals surface area contributed by atoms with E-state index in [0.717, 1.165) is 36.3 Å². The highest BCUT2D eigenvalue weighted by atomic mass is 16.4. The first-order chi connectivity index (χ1) is 11.2. The van der Waals surface area contributed by atoms with Crippen molar-refractivity contribution in [2.24, 2.45) is 0 Å². The van der Waals surface area contributed by atoms with E-state index in [0.29, 0.717) is 5.56 Å². The maximum atomic E-state index is 11.3. The van der Waals surface area contributed by atoms with Gasteiger partial charge in [-0.2, -0.15) is 0 Å². The normalized spacial score (nSPS) is 16.0. The molecule has 0 saturated carbocycles. The van der Waals surface area contributed by atoms with Crippen molar-refractivity contribution in [3.63, 3.8) is 0 Å². The molecule has 1 saturated heterocycles. The van der Waals surface area contributed by atoms with Crippen molar-refractivity contribution in [3.8, 4) is 11.1 Å². The van der Waals surface area contributed by atoms with Crippen LogP contribution in [0.25, 0.3) is 11.1 Å². The lowest BCUT2D eigenvalue weighted by Crippen LogP contribution is -2.24. The molecule has 2 aromatic rings. The minimum atomic E-state index is -0.860. The molecule has 2 aromatic carbocycles. The fraction of sp³-hybridized carbons (Fsp3) is 0.350. The number of carbonyl (C=O) groups is 1. The van der Waals surface area contributed by atoms with Crippen LogP contribution in [0.3, 0.4) is 0 Å². The van der Waals surface area contributed by atoms with Crippen molar-refractivity contribution in [1.29, 1.82) is 0 Å². The fourth-order valence-corrected chi connectivity index (χ4v) is 3.29. The van der Waals surface area contributed by atoms with Crippen LogP contribution in [-0.4, -0.2) is 29.1 Å². The summed E-state index contributed by atoms with van der Waals surface area (Å²) in [6.07, 6.45) is 5.08. The zero-order valence-electron chi connectivity index (χ0n) is 13.4. The van der Waals surface area contributed by atoms with Gasteiger partial charge in [0.15, 0.2) is 0 Å². The summed E-state index contributed by atoms with van der Waals surface area (Å²) >= 11 is 0. The molecule has 0 amide bonds. The van der Waals surface area contributed by atoms with Crippen molar-refractivity contribution >= 4 is 5.97 Å². The molecule has 0 aromatic heterocycles. The molecule has 1 heterocycles. The van der Waals surface area contributed by atoms with E-state index in [1.165, 1.54) is 25.7 Å². The lowest BCUT2D eigenvalue weighted by Gasteiger charge is -2.22. The van der Waals surface area contributed by atoms with E-state index in [-0.39, 0.29) is 0 Å². The second-order valence-corrected chi connectivity index (χ2v) is 6.23. The monoisotopic (exact) mass is 309 g/mol. The smallest absolute Gasteiger partial charge is 0.335 e.